The van der Waals surface area contributed by atoms with Crippen molar-refractivity contribution in [3.05, 3.63) is 64.3 Å². The lowest BCUT2D eigenvalue weighted by Crippen LogP contribution is -2.44. The Morgan fingerprint density at radius 3 is 2.30 bits per heavy atom. The summed E-state index contributed by atoms with van der Waals surface area (Å²) in [4.78, 5) is 41.5. The van der Waals surface area contributed by atoms with Gasteiger partial charge in [0.2, 0.25) is 0 Å². The maximum absolute atomic E-state index is 12.8. The van der Waals surface area contributed by atoms with E-state index in [1.54, 1.807) is 38.1 Å². The minimum atomic E-state index is -4.55. The molecule has 0 radical (unpaired) electrons. The Morgan fingerprint density at radius 1 is 1.05 bits per heavy atom. The number of urea groups is 1. The molecule has 3 aromatic rings. The van der Waals surface area contributed by atoms with E-state index in [-0.39, 0.29) is 21.6 Å². The number of aromatic nitrogens is 1. The number of hydrogen-bond acceptors (Lipinski definition) is 6. The van der Waals surface area contributed by atoms with E-state index >= 15 is 0 Å². The Labute approximate surface area is 219 Å². The van der Waals surface area contributed by atoms with Crippen molar-refractivity contribution in [3.63, 3.8) is 0 Å². The third kappa shape index (κ3) is 7.20. The van der Waals surface area contributed by atoms with Crippen molar-refractivity contribution >= 4 is 52.2 Å². The van der Waals surface area contributed by atoms with Gasteiger partial charge in [-0.3, -0.25) is 4.79 Å². The number of anilines is 2. The monoisotopic (exact) mass is 554 g/mol. The van der Waals surface area contributed by atoms with Gasteiger partial charge in [0.05, 0.1) is 28.3 Å². The molecule has 37 heavy (non-hydrogen) atoms. The summed E-state index contributed by atoms with van der Waals surface area (Å²) >= 11 is 6.99. The number of methoxy groups -OCH3 is 1. The molecule has 0 aliphatic carbocycles. The highest BCUT2D eigenvalue weighted by atomic mass is 35.5. The lowest BCUT2D eigenvalue weighted by molar-refractivity contribution is -0.144. The first kappa shape index (κ1) is 27.9. The van der Waals surface area contributed by atoms with Gasteiger partial charge >= 0.3 is 18.2 Å². The van der Waals surface area contributed by atoms with Gasteiger partial charge in [0.25, 0.3) is 5.91 Å². The van der Waals surface area contributed by atoms with Gasteiger partial charge in [0, 0.05) is 11.9 Å². The number of rotatable bonds is 7. The molecule has 1 aromatic heterocycles. The molecule has 0 saturated heterocycles. The molecule has 13 heteroatoms. The van der Waals surface area contributed by atoms with Crippen molar-refractivity contribution in [1.29, 1.82) is 0 Å². The summed E-state index contributed by atoms with van der Waals surface area (Å²) in [6.45, 7) is 3.56. The summed E-state index contributed by atoms with van der Waals surface area (Å²) in [6, 6.07) is 7.72. The van der Waals surface area contributed by atoms with E-state index in [2.05, 4.69) is 20.9 Å². The first-order valence-electron chi connectivity index (χ1n) is 10.8. The molecule has 196 valence electrons. The zero-order valence-electron chi connectivity index (χ0n) is 19.8. The van der Waals surface area contributed by atoms with Gasteiger partial charge < -0.3 is 20.7 Å². The van der Waals surface area contributed by atoms with Crippen LogP contribution >= 0.6 is 22.9 Å². The lowest BCUT2D eigenvalue weighted by Gasteiger charge is -2.18. The molecule has 3 rings (SSSR count). The van der Waals surface area contributed by atoms with Gasteiger partial charge in [-0.15, -0.1) is 11.3 Å². The number of nitrogens with zero attached hydrogens (tertiary/aromatic N) is 1. The van der Waals surface area contributed by atoms with Crippen molar-refractivity contribution < 1.29 is 32.3 Å². The molecule has 0 aliphatic heterocycles. The normalized spacial score (nSPS) is 12.1. The Balaban J connectivity index is 1.63. The molecular weight excluding hydrogens is 533 g/mol. The van der Waals surface area contributed by atoms with Gasteiger partial charge in [-0.25, -0.2) is 14.6 Å². The molecule has 0 spiro atoms. The fourth-order valence-corrected chi connectivity index (χ4v) is 4.19. The molecule has 2 aromatic carbocycles. The number of carbonyl (C=O) groups excluding carboxylic acids is 3. The third-order valence-corrected chi connectivity index (χ3v) is 6.44. The van der Waals surface area contributed by atoms with Crippen molar-refractivity contribution in [2.24, 2.45) is 5.92 Å². The lowest BCUT2D eigenvalue weighted by atomic mass is 10.0. The summed E-state index contributed by atoms with van der Waals surface area (Å²) in [5.41, 5.74) is 0.225. The fraction of sp³-hybridized carbons (Fsp3) is 0.250. The van der Waals surface area contributed by atoms with E-state index in [0.717, 1.165) is 35.1 Å². The van der Waals surface area contributed by atoms with Gasteiger partial charge in [-0.05, 0) is 41.8 Å². The molecule has 0 bridgehead atoms. The number of ether oxygens (including phenoxy) is 1. The molecule has 8 nitrogen and oxygen atoms in total. The van der Waals surface area contributed by atoms with Crippen molar-refractivity contribution in [3.8, 4) is 10.4 Å². The maximum Gasteiger partial charge on any atom is 0.416 e. The second-order valence-electron chi connectivity index (χ2n) is 8.10. The highest BCUT2D eigenvalue weighted by molar-refractivity contribution is 7.17. The number of nitrogens with one attached hydrogen (secondary N) is 3. The molecule has 1 unspecified atom stereocenters. The van der Waals surface area contributed by atoms with Gasteiger partial charge in [0.15, 0.2) is 5.01 Å². The standard InChI is InChI=1S/C24H22ClF3N4O4S/c1-12(2)19(22(34)36-3)32-20(33)21-29-11-18(37-21)13-4-7-15(8-5-13)30-23(35)31-17-9-6-14(10-16(17)25)24(26,27)28/h4-12,19H,1-3H3,(H,32,33)(H2,30,31,35). The van der Waals surface area contributed by atoms with E-state index in [9.17, 15) is 27.6 Å². The summed E-state index contributed by atoms with van der Waals surface area (Å²) in [7, 11) is 1.25. The van der Waals surface area contributed by atoms with Gasteiger partial charge in [0.1, 0.15) is 6.04 Å². The summed E-state index contributed by atoms with van der Waals surface area (Å²) < 4.78 is 43.0. The summed E-state index contributed by atoms with van der Waals surface area (Å²) in [6.07, 6.45) is -3.03. The number of thiazole rings is 1. The summed E-state index contributed by atoms with van der Waals surface area (Å²) in [5, 5.41) is 7.50. The number of amides is 3. The number of halogens is 4. The molecule has 0 saturated carbocycles. The molecule has 3 amide bonds. The van der Waals surface area contributed by atoms with Crippen molar-refractivity contribution in [2.45, 2.75) is 26.1 Å². The molecule has 0 fully saturated rings. The van der Waals surface area contributed by atoms with Crippen LogP contribution in [0.15, 0.2) is 48.7 Å². The summed E-state index contributed by atoms with van der Waals surface area (Å²) in [5.74, 6) is -1.23. The van der Waals surface area contributed by atoms with Crippen LogP contribution in [-0.4, -0.2) is 36.0 Å². The van der Waals surface area contributed by atoms with E-state index in [1.165, 1.54) is 13.3 Å². The minimum Gasteiger partial charge on any atom is -0.467 e. The zero-order chi connectivity index (χ0) is 27.3. The minimum absolute atomic E-state index is 0.0196. The largest absolute Gasteiger partial charge is 0.467 e. The van der Waals surface area contributed by atoms with Crippen molar-refractivity contribution in [1.82, 2.24) is 10.3 Å². The van der Waals surface area contributed by atoms with Crippen LogP contribution in [0.5, 0.6) is 0 Å². The number of carbonyl (C=O) groups is 3. The topological polar surface area (TPSA) is 109 Å². The fourth-order valence-electron chi connectivity index (χ4n) is 3.14. The second kappa shape index (κ2) is 11.6. The molecule has 1 heterocycles. The predicted molar refractivity (Wildman–Crippen MR) is 135 cm³/mol. The molecule has 0 aliphatic rings. The van der Waals surface area contributed by atoms with Crippen LogP contribution in [-0.2, 0) is 15.7 Å². The quantitative estimate of drug-likeness (QED) is 0.308. The maximum atomic E-state index is 12.8. The van der Waals surface area contributed by atoms with Gasteiger partial charge in [-0.1, -0.05) is 37.6 Å². The number of benzene rings is 2. The molecule has 1 atom stereocenters. The van der Waals surface area contributed by atoms with Crippen LogP contribution in [0.3, 0.4) is 0 Å². The predicted octanol–water partition coefficient (Wildman–Crippen LogP) is 6.05. The van der Waals surface area contributed by atoms with Crippen molar-refractivity contribution in [2.75, 3.05) is 17.7 Å². The first-order chi connectivity index (χ1) is 17.4. The third-order valence-electron chi connectivity index (χ3n) is 5.08. The van der Waals surface area contributed by atoms with Crippen LogP contribution in [0.1, 0.15) is 29.2 Å². The Bertz CT molecular complexity index is 1300. The van der Waals surface area contributed by atoms with Crippen LogP contribution in [0.25, 0.3) is 10.4 Å². The molecule has 3 N–H and O–H groups in total. The average molecular weight is 555 g/mol. The van der Waals surface area contributed by atoms with Gasteiger partial charge in [-0.2, -0.15) is 13.2 Å². The molecular formula is C24H22ClF3N4O4S. The Kier molecular flexibility index (Phi) is 8.77. The number of alkyl halides is 3. The zero-order valence-corrected chi connectivity index (χ0v) is 21.3. The van der Waals surface area contributed by atoms with E-state index in [4.69, 9.17) is 16.3 Å². The SMILES string of the molecule is COC(=O)C(NC(=O)c1ncc(-c2ccc(NC(=O)Nc3ccc(C(F)(F)F)cc3Cl)cc2)s1)C(C)C. The first-order valence-corrected chi connectivity index (χ1v) is 12.0. The number of esters is 1. The van der Waals surface area contributed by atoms with E-state index in [1.807, 2.05) is 0 Å². The second-order valence-corrected chi connectivity index (χ2v) is 9.53. The van der Waals surface area contributed by atoms with E-state index < -0.39 is 35.7 Å². The highest BCUT2D eigenvalue weighted by Crippen LogP contribution is 2.34. The Hall–Kier alpha value is -3.64. The van der Waals surface area contributed by atoms with Crippen LogP contribution in [0.4, 0.5) is 29.3 Å². The van der Waals surface area contributed by atoms with E-state index in [0.29, 0.717) is 10.6 Å². The Morgan fingerprint density at radius 2 is 1.73 bits per heavy atom. The smallest absolute Gasteiger partial charge is 0.416 e. The average Bonchev–Trinajstić information content (AvgIpc) is 3.33. The van der Waals surface area contributed by atoms with Crippen LogP contribution in [0.2, 0.25) is 5.02 Å². The highest BCUT2D eigenvalue weighted by Gasteiger charge is 2.31. The number of hydrogen-bond donors (Lipinski definition) is 3. The van der Waals surface area contributed by atoms with Crippen LogP contribution in [0, 0.1) is 5.92 Å². The van der Waals surface area contributed by atoms with Crippen LogP contribution < -0.4 is 16.0 Å².